The van der Waals surface area contributed by atoms with E-state index in [2.05, 4.69) is 15.5 Å². The maximum absolute atomic E-state index is 12.9. The van der Waals surface area contributed by atoms with Crippen LogP contribution >= 0.6 is 0 Å². The Kier molecular flexibility index (Phi) is 6.65. The molecule has 0 aliphatic carbocycles. The highest BCUT2D eigenvalue weighted by Crippen LogP contribution is 2.31. The summed E-state index contributed by atoms with van der Waals surface area (Å²) in [5.41, 5.74) is -0.171. The Morgan fingerprint density at radius 3 is 2.56 bits per heavy atom. The SMILES string of the molecule is C[C@@H](NC(=O)CCc1nnc(-c2cccc(C(F)(F)F)c2)o1)c1cccc(S(N)(=O)=O)c1. The number of aromatic nitrogens is 2. The maximum atomic E-state index is 12.9. The number of nitrogens with two attached hydrogens (primary N) is 1. The monoisotopic (exact) mass is 468 g/mol. The Morgan fingerprint density at radius 2 is 1.88 bits per heavy atom. The van der Waals surface area contributed by atoms with Crippen LogP contribution in [0.2, 0.25) is 0 Å². The normalized spacial score (nSPS) is 13.0. The minimum Gasteiger partial charge on any atom is -0.421 e. The molecule has 1 aromatic heterocycles. The fourth-order valence-electron chi connectivity index (χ4n) is 2.88. The number of amides is 1. The molecule has 0 bridgehead atoms. The van der Waals surface area contributed by atoms with Crippen LogP contribution < -0.4 is 10.5 Å². The molecular formula is C20H19F3N4O4S. The summed E-state index contributed by atoms with van der Waals surface area (Å²) in [4.78, 5) is 12.2. The number of nitrogens with one attached hydrogen (secondary N) is 1. The number of nitrogens with zero attached hydrogens (tertiary/aromatic N) is 2. The smallest absolute Gasteiger partial charge is 0.416 e. The second-order valence-corrected chi connectivity index (χ2v) is 8.55. The van der Waals surface area contributed by atoms with Crippen molar-refractivity contribution in [3.8, 4) is 11.5 Å². The molecule has 3 rings (SSSR count). The van der Waals surface area contributed by atoms with Crippen molar-refractivity contribution < 1.29 is 30.8 Å². The standard InChI is InChI=1S/C20H19F3N4O4S/c1-12(13-4-3-7-16(11-13)32(24,29)30)25-17(28)8-9-18-26-27-19(31-18)14-5-2-6-15(10-14)20(21,22)23/h2-7,10-12H,8-9H2,1H3,(H,25,28)(H2,24,29,30)/t12-/m1/s1. The highest BCUT2D eigenvalue weighted by Gasteiger charge is 2.30. The van der Waals surface area contributed by atoms with Crippen molar-refractivity contribution in [2.45, 2.75) is 36.9 Å². The van der Waals surface area contributed by atoms with Crippen LogP contribution in [-0.2, 0) is 27.4 Å². The highest BCUT2D eigenvalue weighted by atomic mass is 32.2. The number of halogens is 3. The number of alkyl halides is 3. The lowest BCUT2D eigenvalue weighted by molar-refractivity contribution is -0.137. The molecule has 32 heavy (non-hydrogen) atoms. The summed E-state index contributed by atoms with van der Waals surface area (Å²) >= 11 is 0. The minimum absolute atomic E-state index is 0.0244. The second kappa shape index (κ2) is 9.09. The van der Waals surface area contributed by atoms with Crippen LogP contribution in [0.1, 0.15) is 36.4 Å². The second-order valence-electron chi connectivity index (χ2n) is 6.99. The number of benzene rings is 2. The predicted molar refractivity (Wildman–Crippen MR) is 107 cm³/mol. The number of primary sulfonamides is 1. The molecule has 3 N–H and O–H groups in total. The number of carbonyl (C=O) groups is 1. The third-order valence-corrected chi connectivity index (χ3v) is 5.44. The number of sulfonamides is 1. The number of aryl methyl sites for hydroxylation is 1. The van der Waals surface area contributed by atoms with Gasteiger partial charge in [0.25, 0.3) is 0 Å². The van der Waals surface area contributed by atoms with Crippen LogP contribution in [-0.4, -0.2) is 24.5 Å². The summed E-state index contributed by atoms with van der Waals surface area (Å²) < 4.78 is 66.9. The maximum Gasteiger partial charge on any atom is 0.416 e. The molecule has 0 saturated heterocycles. The molecule has 1 amide bonds. The number of carbonyl (C=O) groups excluding carboxylic acids is 1. The zero-order valence-corrected chi connectivity index (χ0v) is 17.6. The highest BCUT2D eigenvalue weighted by molar-refractivity contribution is 7.89. The van der Waals surface area contributed by atoms with Crippen LogP contribution in [0.3, 0.4) is 0 Å². The molecule has 0 aliphatic heterocycles. The Labute approximate surface area is 181 Å². The van der Waals surface area contributed by atoms with Gasteiger partial charge in [-0.25, -0.2) is 13.6 Å². The van der Waals surface area contributed by atoms with E-state index in [-0.39, 0.29) is 41.0 Å². The van der Waals surface area contributed by atoms with Gasteiger partial charge in [0.2, 0.25) is 27.7 Å². The van der Waals surface area contributed by atoms with E-state index in [0.29, 0.717) is 5.56 Å². The van der Waals surface area contributed by atoms with Gasteiger partial charge in [0, 0.05) is 18.4 Å². The van der Waals surface area contributed by atoms with Gasteiger partial charge in [0.15, 0.2) is 0 Å². The van der Waals surface area contributed by atoms with E-state index in [0.717, 1.165) is 12.1 Å². The van der Waals surface area contributed by atoms with Crippen LogP contribution in [0.5, 0.6) is 0 Å². The van der Waals surface area contributed by atoms with Crippen molar-refractivity contribution in [2.24, 2.45) is 5.14 Å². The van der Waals surface area contributed by atoms with Gasteiger partial charge in [-0.2, -0.15) is 13.2 Å². The summed E-state index contributed by atoms with van der Waals surface area (Å²) in [5, 5.41) is 15.4. The third-order valence-electron chi connectivity index (χ3n) is 4.53. The van der Waals surface area contributed by atoms with Crippen LogP contribution in [0, 0.1) is 0 Å². The largest absolute Gasteiger partial charge is 0.421 e. The van der Waals surface area contributed by atoms with E-state index in [1.807, 2.05) is 0 Å². The number of hydrogen-bond donors (Lipinski definition) is 2. The fraction of sp³-hybridized carbons (Fsp3) is 0.250. The van der Waals surface area contributed by atoms with E-state index in [1.54, 1.807) is 13.0 Å². The number of hydrogen-bond acceptors (Lipinski definition) is 6. The molecule has 3 aromatic rings. The minimum atomic E-state index is -4.50. The van der Waals surface area contributed by atoms with E-state index < -0.39 is 27.8 Å². The van der Waals surface area contributed by atoms with Gasteiger partial charge in [0.05, 0.1) is 16.5 Å². The van der Waals surface area contributed by atoms with Crippen molar-refractivity contribution in [3.05, 3.63) is 65.5 Å². The van der Waals surface area contributed by atoms with E-state index >= 15 is 0 Å². The zero-order chi connectivity index (χ0) is 23.5. The Hall–Kier alpha value is -3.25. The molecule has 0 radical (unpaired) electrons. The molecule has 170 valence electrons. The molecule has 2 aromatic carbocycles. The molecule has 0 saturated carbocycles. The molecule has 1 atom stereocenters. The molecular weight excluding hydrogens is 449 g/mol. The van der Waals surface area contributed by atoms with E-state index in [1.165, 1.54) is 30.3 Å². The van der Waals surface area contributed by atoms with Crippen molar-refractivity contribution in [1.29, 1.82) is 0 Å². The van der Waals surface area contributed by atoms with Crippen LogP contribution in [0.4, 0.5) is 13.2 Å². The molecule has 0 aliphatic rings. The van der Waals surface area contributed by atoms with Gasteiger partial charge in [-0.1, -0.05) is 18.2 Å². The summed E-state index contributed by atoms with van der Waals surface area (Å²) in [7, 11) is -3.87. The topological polar surface area (TPSA) is 128 Å². The van der Waals surface area contributed by atoms with Gasteiger partial charge >= 0.3 is 6.18 Å². The lowest BCUT2D eigenvalue weighted by atomic mass is 10.1. The Bertz CT molecular complexity index is 1230. The third kappa shape index (κ3) is 5.92. The first-order valence-corrected chi connectivity index (χ1v) is 10.9. The van der Waals surface area contributed by atoms with Gasteiger partial charge in [-0.15, -0.1) is 10.2 Å². The van der Waals surface area contributed by atoms with Crippen LogP contribution in [0.25, 0.3) is 11.5 Å². The zero-order valence-electron chi connectivity index (χ0n) is 16.8. The first-order valence-electron chi connectivity index (χ1n) is 9.35. The average molecular weight is 468 g/mol. The molecule has 0 spiro atoms. The lowest BCUT2D eigenvalue weighted by Crippen LogP contribution is -2.27. The Balaban J connectivity index is 1.60. The molecule has 0 unspecified atom stereocenters. The van der Waals surface area contributed by atoms with Crippen LogP contribution in [0.15, 0.2) is 57.8 Å². The first kappa shape index (κ1) is 23.4. The van der Waals surface area contributed by atoms with E-state index in [9.17, 15) is 26.4 Å². The quantitative estimate of drug-likeness (QED) is 0.548. The van der Waals surface area contributed by atoms with Crippen molar-refractivity contribution >= 4 is 15.9 Å². The van der Waals surface area contributed by atoms with E-state index in [4.69, 9.17) is 9.56 Å². The molecule has 1 heterocycles. The number of rotatable bonds is 7. The van der Waals surface area contributed by atoms with Crippen molar-refractivity contribution in [1.82, 2.24) is 15.5 Å². The lowest BCUT2D eigenvalue weighted by Gasteiger charge is -2.14. The predicted octanol–water partition coefficient (Wildman–Crippen LogP) is 3.21. The Morgan fingerprint density at radius 1 is 1.16 bits per heavy atom. The molecule has 0 fully saturated rings. The van der Waals surface area contributed by atoms with Crippen molar-refractivity contribution in [3.63, 3.8) is 0 Å². The average Bonchev–Trinajstić information content (AvgIpc) is 3.20. The van der Waals surface area contributed by atoms with Gasteiger partial charge in [-0.3, -0.25) is 4.79 Å². The first-order chi connectivity index (χ1) is 14.9. The van der Waals surface area contributed by atoms with Crippen molar-refractivity contribution in [2.75, 3.05) is 0 Å². The summed E-state index contributed by atoms with van der Waals surface area (Å²) in [6, 6.07) is 9.90. The van der Waals surface area contributed by atoms with Gasteiger partial charge < -0.3 is 9.73 Å². The van der Waals surface area contributed by atoms with Gasteiger partial charge in [0.1, 0.15) is 0 Å². The summed E-state index contributed by atoms with van der Waals surface area (Å²) in [5.74, 6) is -0.353. The fourth-order valence-corrected chi connectivity index (χ4v) is 3.45. The molecule has 8 nitrogen and oxygen atoms in total. The van der Waals surface area contributed by atoms with Gasteiger partial charge in [-0.05, 0) is 42.8 Å². The summed E-state index contributed by atoms with van der Waals surface area (Å²) in [6.45, 7) is 1.68. The summed E-state index contributed by atoms with van der Waals surface area (Å²) in [6.07, 6.45) is -4.45. The molecule has 12 heteroatoms.